The SMILES string of the molecule is C=CC(C=Nc1cccc(Cl)c1F)=CN. The maximum atomic E-state index is 13.3. The van der Waals surface area contributed by atoms with Crippen molar-refractivity contribution in [2.24, 2.45) is 10.7 Å². The molecule has 4 heteroatoms. The summed E-state index contributed by atoms with van der Waals surface area (Å²) in [4.78, 5) is 3.90. The number of halogens is 2. The third kappa shape index (κ3) is 2.92. The van der Waals surface area contributed by atoms with Crippen molar-refractivity contribution in [2.75, 3.05) is 0 Å². The maximum Gasteiger partial charge on any atom is 0.167 e. The maximum absolute atomic E-state index is 13.3. The van der Waals surface area contributed by atoms with Crippen LogP contribution in [0.1, 0.15) is 0 Å². The molecule has 1 aromatic carbocycles. The molecule has 0 aliphatic rings. The summed E-state index contributed by atoms with van der Waals surface area (Å²) in [6, 6.07) is 4.61. The Bertz CT molecular complexity index is 425. The summed E-state index contributed by atoms with van der Waals surface area (Å²) in [5, 5.41) is 0.0431. The molecule has 0 spiro atoms. The number of aliphatic imine (C=N–C) groups is 1. The molecule has 0 atom stereocenters. The largest absolute Gasteiger partial charge is 0.404 e. The van der Waals surface area contributed by atoms with Crippen LogP contribution in [0, 0.1) is 5.82 Å². The quantitative estimate of drug-likeness (QED) is 0.621. The van der Waals surface area contributed by atoms with E-state index in [0.717, 1.165) is 0 Å². The fraction of sp³-hybridized carbons (Fsp3) is 0. The van der Waals surface area contributed by atoms with Crippen LogP contribution >= 0.6 is 11.6 Å². The molecule has 0 aromatic heterocycles. The Morgan fingerprint density at radius 2 is 2.27 bits per heavy atom. The molecule has 78 valence electrons. The van der Waals surface area contributed by atoms with Gasteiger partial charge in [-0.25, -0.2) is 4.39 Å². The molecule has 1 rings (SSSR count). The summed E-state index contributed by atoms with van der Waals surface area (Å²) >= 11 is 5.59. The van der Waals surface area contributed by atoms with Gasteiger partial charge >= 0.3 is 0 Å². The summed E-state index contributed by atoms with van der Waals surface area (Å²) < 4.78 is 13.3. The highest BCUT2D eigenvalue weighted by molar-refractivity contribution is 6.31. The first-order valence-corrected chi connectivity index (χ1v) is 4.59. The zero-order chi connectivity index (χ0) is 11.3. The third-order valence-corrected chi connectivity index (χ3v) is 2.00. The molecule has 15 heavy (non-hydrogen) atoms. The molecule has 0 radical (unpaired) electrons. The van der Waals surface area contributed by atoms with Gasteiger partial charge in [0.15, 0.2) is 5.82 Å². The van der Waals surface area contributed by atoms with Crippen LogP contribution in [0.2, 0.25) is 5.02 Å². The van der Waals surface area contributed by atoms with Crippen molar-refractivity contribution in [2.45, 2.75) is 0 Å². The van der Waals surface area contributed by atoms with Crippen molar-refractivity contribution in [1.82, 2.24) is 0 Å². The topological polar surface area (TPSA) is 38.4 Å². The van der Waals surface area contributed by atoms with E-state index in [2.05, 4.69) is 11.6 Å². The predicted molar refractivity (Wildman–Crippen MR) is 62.0 cm³/mol. The number of benzene rings is 1. The molecule has 2 N–H and O–H groups in total. The molecule has 2 nitrogen and oxygen atoms in total. The zero-order valence-corrected chi connectivity index (χ0v) is 8.71. The van der Waals surface area contributed by atoms with E-state index in [9.17, 15) is 4.39 Å². The van der Waals surface area contributed by atoms with Gasteiger partial charge in [-0.05, 0) is 12.1 Å². The third-order valence-electron chi connectivity index (χ3n) is 1.71. The van der Waals surface area contributed by atoms with Crippen molar-refractivity contribution in [3.8, 4) is 0 Å². The minimum Gasteiger partial charge on any atom is -0.404 e. The van der Waals surface area contributed by atoms with E-state index in [1.807, 2.05) is 0 Å². The van der Waals surface area contributed by atoms with E-state index in [4.69, 9.17) is 17.3 Å². The summed E-state index contributed by atoms with van der Waals surface area (Å²) in [5.41, 5.74) is 6.05. The minimum atomic E-state index is -0.546. The first-order chi connectivity index (χ1) is 7.19. The van der Waals surface area contributed by atoms with Crippen LogP contribution in [0.4, 0.5) is 10.1 Å². The second kappa shape index (κ2) is 5.32. The normalized spacial score (nSPS) is 12.0. The number of hydrogen-bond acceptors (Lipinski definition) is 2. The van der Waals surface area contributed by atoms with Gasteiger partial charge in [-0.3, -0.25) is 4.99 Å². The molecule has 0 amide bonds. The number of rotatable bonds is 3. The average Bonchev–Trinajstić information content (AvgIpc) is 2.25. The van der Waals surface area contributed by atoms with E-state index >= 15 is 0 Å². The molecule has 0 bridgehead atoms. The summed E-state index contributed by atoms with van der Waals surface area (Å²) in [7, 11) is 0. The molecule has 0 heterocycles. The van der Waals surface area contributed by atoms with Crippen LogP contribution in [0.25, 0.3) is 0 Å². The van der Waals surface area contributed by atoms with Gasteiger partial charge in [-0.1, -0.05) is 30.3 Å². The molecular formula is C11H10ClFN2. The fourth-order valence-corrected chi connectivity index (χ4v) is 1.07. The highest BCUT2D eigenvalue weighted by atomic mass is 35.5. The lowest BCUT2D eigenvalue weighted by Gasteiger charge is -1.98. The molecule has 0 unspecified atom stereocenters. The zero-order valence-electron chi connectivity index (χ0n) is 7.95. The minimum absolute atomic E-state index is 0.0431. The summed E-state index contributed by atoms with van der Waals surface area (Å²) in [6.07, 6.45) is 4.27. The van der Waals surface area contributed by atoms with Gasteiger partial charge in [-0.15, -0.1) is 0 Å². The lowest BCUT2D eigenvalue weighted by atomic mass is 10.3. The van der Waals surface area contributed by atoms with Gasteiger partial charge in [0.1, 0.15) is 5.69 Å². The number of nitrogens with two attached hydrogens (primary N) is 1. The molecule has 0 saturated heterocycles. The molecule has 0 aliphatic carbocycles. The molecule has 1 aromatic rings. The highest BCUT2D eigenvalue weighted by Crippen LogP contribution is 2.24. The molecule has 0 fully saturated rings. The highest BCUT2D eigenvalue weighted by Gasteiger charge is 2.03. The Hall–Kier alpha value is -1.61. The van der Waals surface area contributed by atoms with Crippen molar-refractivity contribution in [1.29, 1.82) is 0 Å². The Balaban J connectivity index is 2.99. The van der Waals surface area contributed by atoms with Gasteiger partial charge in [0.2, 0.25) is 0 Å². The van der Waals surface area contributed by atoms with Gasteiger partial charge in [0, 0.05) is 18.0 Å². The standard InChI is InChI=1S/C11H10ClFN2/c1-2-8(6-14)7-15-10-5-3-4-9(12)11(10)13/h2-7H,1,14H2. The second-order valence-corrected chi connectivity index (χ2v) is 3.11. The van der Waals surface area contributed by atoms with Gasteiger partial charge < -0.3 is 5.73 Å². The Kier molecular flexibility index (Phi) is 4.06. The van der Waals surface area contributed by atoms with E-state index in [0.29, 0.717) is 5.57 Å². The lowest BCUT2D eigenvalue weighted by molar-refractivity contribution is 0.630. The van der Waals surface area contributed by atoms with E-state index < -0.39 is 5.82 Å². The van der Waals surface area contributed by atoms with Gasteiger partial charge in [-0.2, -0.15) is 0 Å². The number of hydrogen-bond donors (Lipinski definition) is 1. The van der Waals surface area contributed by atoms with Crippen molar-refractivity contribution < 1.29 is 4.39 Å². The first kappa shape index (κ1) is 11.5. The predicted octanol–water partition coefficient (Wildman–Crippen LogP) is 3.21. The lowest BCUT2D eigenvalue weighted by Crippen LogP contribution is -1.87. The van der Waals surface area contributed by atoms with Crippen molar-refractivity contribution in [3.63, 3.8) is 0 Å². The Morgan fingerprint density at radius 3 is 2.87 bits per heavy atom. The number of nitrogens with zero attached hydrogens (tertiary/aromatic N) is 1. The Morgan fingerprint density at radius 1 is 1.53 bits per heavy atom. The fourth-order valence-electron chi connectivity index (χ4n) is 0.900. The van der Waals surface area contributed by atoms with Gasteiger partial charge in [0.05, 0.1) is 5.02 Å². The molecule has 0 aliphatic heterocycles. The van der Waals surface area contributed by atoms with Crippen LogP contribution in [-0.4, -0.2) is 6.21 Å². The van der Waals surface area contributed by atoms with Crippen LogP contribution < -0.4 is 5.73 Å². The van der Waals surface area contributed by atoms with Crippen LogP contribution in [-0.2, 0) is 0 Å². The van der Waals surface area contributed by atoms with Crippen LogP contribution in [0.3, 0.4) is 0 Å². The average molecular weight is 225 g/mol. The van der Waals surface area contributed by atoms with E-state index in [-0.39, 0.29) is 10.7 Å². The smallest absolute Gasteiger partial charge is 0.167 e. The molecular weight excluding hydrogens is 215 g/mol. The Labute approximate surface area is 92.6 Å². The summed E-state index contributed by atoms with van der Waals surface area (Å²) in [5.74, 6) is -0.546. The van der Waals surface area contributed by atoms with Crippen LogP contribution in [0.15, 0.2) is 47.6 Å². The van der Waals surface area contributed by atoms with Crippen molar-refractivity contribution >= 4 is 23.5 Å². The first-order valence-electron chi connectivity index (χ1n) is 4.21. The molecule has 0 saturated carbocycles. The second-order valence-electron chi connectivity index (χ2n) is 2.70. The van der Waals surface area contributed by atoms with Crippen molar-refractivity contribution in [3.05, 3.63) is 53.5 Å². The van der Waals surface area contributed by atoms with E-state index in [1.54, 1.807) is 6.07 Å². The monoisotopic (exact) mass is 224 g/mol. The van der Waals surface area contributed by atoms with E-state index in [1.165, 1.54) is 30.6 Å². The number of allylic oxidation sites excluding steroid dienone is 2. The summed E-state index contributed by atoms with van der Waals surface area (Å²) in [6.45, 7) is 3.52. The van der Waals surface area contributed by atoms with Gasteiger partial charge in [0.25, 0.3) is 0 Å². The van der Waals surface area contributed by atoms with Crippen LogP contribution in [0.5, 0.6) is 0 Å².